The average molecular weight is 967 g/mol. The largest absolute Gasteiger partial charge is 0.455 e. The Morgan fingerprint density at radius 3 is 2.49 bits per heavy atom. The topological polar surface area (TPSA) is 163 Å². The van der Waals surface area contributed by atoms with Gasteiger partial charge in [0.15, 0.2) is 5.79 Å². The van der Waals surface area contributed by atoms with Gasteiger partial charge in [-0.25, -0.2) is 22.5 Å². The van der Waals surface area contributed by atoms with Crippen molar-refractivity contribution in [3.8, 4) is 11.5 Å². The van der Waals surface area contributed by atoms with E-state index in [4.69, 9.17) is 21.1 Å². The van der Waals surface area contributed by atoms with Crippen LogP contribution >= 0.6 is 11.6 Å². The number of nitro benzene ring substituents is 1. The number of nitrogens with zero attached hydrogens (tertiary/aromatic N) is 5. The van der Waals surface area contributed by atoms with Gasteiger partial charge < -0.3 is 19.4 Å². The molecule has 2 fully saturated rings. The molecule has 3 aliphatic heterocycles. The van der Waals surface area contributed by atoms with Gasteiger partial charge in [0.05, 0.1) is 21.6 Å². The molecule has 358 valence electrons. The Morgan fingerprint density at radius 1 is 1.01 bits per heavy atom. The summed E-state index contributed by atoms with van der Waals surface area (Å²) in [6.45, 7) is 9.29. The second-order valence-electron chi connectivity index (χ2n) is 19.2. The van der Waals surface area contributed by atoms with Gasteiger partial charge in [-0.05, 0) is 115 Å². The van der Waals surface area contributed by atoms with E-state index in [0.29, 0.717) is 50.3 Å². The molecule has 68 heavy (non-hydrogen) atoms. The molecule has 0 atom stereocenters. The van der Waals surface area contributed by atoms with E-state index in [1.807, 2.05) is 18.2 Å². The predicted molar refractivity (Wildman–Crippen MR) is 262 cm³/mol. The fraction of sp³-hybridized carbons (Fsp3) is 0.412. The Morgan fingerprint density at radius 2 is 1.76 bits per heavy atom. The Labute approximate surface area is 401 Å². The Balaban J connectivity index is 0.941. The SMILES string of the molecule is CN(c1ccc(S(=O)(=O)NC(=O)c2ccc(C3=CCN(CC4=C(c5ccc(Cl)cc5)CC(C)(C)CC4)CC3)cc2Oc2cnc3[nH]ccc3c2)cc1[N+](=O)[O-])C1(F)CCN(C2CCOCC2)CC1. The van der Waals surface area contributed by atoms with Crippen LogP contribution in [0.25, 0.3) is 22.2 Å². The number of likely N-dealkylation sites (tertiary alicyclic amines) is 1. The van der Waals surface area contributed by atoms with Crippen molar-refractivity contribution in [3.63, 3.8) is 0 Å². The van der Waals surface area contributed by atoms with Crippen LogP contribution in [0.1, 0.15) is 86.7 Å². The van der Waals surface area contributed by atoms with Gasteiger partial charge >= 0.3 is 0 Å². The standard InChI is InChI=1S/C51H57ClFN7O7S/c1-50(2)18-12-38(44(31-50)35-4-7-39(52)8-5-35)33-58-22-14-34(15-23-58)36-6-10-43(47(29-36)67-41-28-37-13-21-54-48(37)55-32-41)49(61)56-68(64,65)42-9-11-45(46(30-42)60(62)63)57(3)51(53)19-24-59(25-20-51)40-16-26-66-27-17-40/h4-11,13-14,21,28-30,32,40H,12,15-20,22-27,31,33H2,1-3H3,(H,54,55)(H,56,61). The van der Waals surface area contributed by atoms with Crippen molar-refractivity contribution in [1.29, 1.82) is 0 Å². The number of sulfonamides is 1. The number of piperidine rings is 1. The van der Waals surface area contributed by atoms with E-state index in [9.17, 15) is 23.3 Å². The highest BCUT2D eigenvalue weighted by Gasteiger charge is 2.42. The molecule has 0 saturated carbocycles. The molecule has 1 aliphatic carbocycles. The molecular formula is C51H57ClFN7O7S. The summed E-state index contributed by atoms with van der Waals surface area (Å²) < 4.78 is 58.3. The molecule has 0 radical (unpaired) electrons. The molecule has 3 aromatic carbocycles. The zero-order chi connectivity index (χ0) is 47.8. The predicted octanol–water partition coefficient (Wildman–Crippen LogP) is 10.2. The first kappa shape index (κ1) is 47.4. The maximum Gasteiger partial charge on any atom is 0.293 e. The lowest BCUT2D eigenvalue weighted by Gasteiger charge is -2.45. The molecule has 0 unspecified atom stereocenters. The Kier molecular flexibility index (Phi) is 13.5. The number of carbonyl (C=O) groups is 1. The minimum atomic E-state index is -4.69. The van der Waals surface area contributed by atoms with Crippen LogP contribution in [0, 0.1) is 15.5 Å². The van der Waals surface area contributed by atoms with Gasteiger partial charge in [0, 0.05) is 94.5 Å². The van der Waals surface area contributed by atoms with E-state index in [2.05, 4.69) is 56.5 Å². The van der Waals surface area contributed by atoms with Gasteiger partial charge in [-0.2, -0.15) is 0 Å². The van der Waals surface area contributed by atoms with Gasteiger partial charge in [0.25, 0.3) is 21.6 Å². The summed E-state index contributed by atoms with van der Waals surface area (Å²) in [4.78, 5) is 38.7. The van der Waals surface area contributed by atoms with Crippen molar-refractivity contribution in [2.45, 2.75) is 81.9 Å². The summed E-state index contributed by atoms with van der Waals surface area (Å²) >= 11 is 6.25. The maximum absolute atomic E-state index is 16.6. The van der Waals surface area contributed by atoms with Crippen molar-refractivity contribution in [1.82, 2.24) is 24.5 Å². The second-order valence-corrected chi connectivity index (χ2v) is 21.4. The van der Waals surface area contributed by atoms with E-state index < -0.39 is 37.2 Å². The lowest BCUT2D eigenvalue weighted by atomic mass is 9.72. The number of allylic oxidation sites excluding steroid dienone is 1. The van der Waals surface area contributed by atoms with Gasteiger partial charge in [-0.1, -0.05) is 55.3 Å². The molecule has 2 saturated heterocycles. The fourth-order valence-electron chi connectivity index (χ4n) is 10.1. The van der Waals surface area contributed by atoms with Gasteiger partial charge in [0.1, 0.15) is 22.8 Å². The second kappa shape index (κ2) is 19.4. The van der Waals surface area contributed by atoms with E-state index in [1.54, 1.807) is 24.4 Å². The third-order valence-electron chi connectivity index (χ3n) is 14.2. The van der Waals surface area contributed by atoms with Crippen molar-refractivity contribution >= 4 is 61.1 Å². The number of benzene rings is 3. The van der Waals surface area contributed by atoms with E-state index in [0.717, 1.165) is 85.3 Å². The molecule has 5 aromatic rings. The van der Waals surface area contributed by atoms with E-state index in [1.165, 1.54) is 47.0 Å². The Bertz CT molecular complexity index is 2890. The number of aromatic nitrogens is 2. The molecule has 9 rings (SSSR count). The quantitative estimate of drug-likeness (QED) is 0.0656. The third-order valence-corrected chi connectivity index (χ3v) is 15.8. The number of nitrogens with one attached hydrogen (secondary N) is 2. The lowest BCUT2D eigenvalue weighted by Crippen LogP contribution is -2.54. The third kappa shape index (κ3) is 10.3. The number of fused-ring (bicyclic) bond motifs is 1. The maximum atomic E-state index is 16.6. The zero-order valence-electron chi connectivity index (χ0n) is 38.6. The number of amides is 1. The number of halogens is 2. The molecule has 0 spiro atoms. The van der Waals surface area contributed by atoms with Crippen molar-refractivity contribution in [2.24, 2.45) is 5.41 Å². The number of ether oxygens (including phenoxy) is 2. The number of nitro groups is 1. The first-order chi connectivity index (χ1) is 32.5. The van der Waals surface area contributed by atoms with Crippen LogP contribution in [-0.4, -0.2) is 104 Å². The molecule has 17 heteroatoms. The number of alkyl halides is 1. The van der Waals surface area contributed by atoms with E-state index in [-0.39, 0.29) is 35.3 Å². The number of pyridine rings is 1. The molecule has 4 aliphatic rings. The van der Waals surface area contributed by atoms with Crippen molar-refractivity contribution in [3.05, 3.63) is 129 Å². The van der Waals surface area contributed by atoms with Gasteiger partial charge in [0.2, 0.25) is 0 Å². The molecule has 2 N–H and O–H groups in total. The first-order valence-electron chi connectivity index (χ1n) is 23.3. The molecule has 0 bridgehead atoms. The van der Waals surface area contributed by atoms with Crippen molar-refractivity contribution < 1.29 is 32.0 Å². The van der Waals surface area contributed by atoms with Crippen LogP contribution in [0.15, 0.2) is 102 Å². The van der Waals surface area contributed by atoms with Crippen LogP contribution in [0.3, 0.4) is 0 Å². The molecule has 5 heterocycles. The normalized spacial score (nSPS) is 19.4. The lowest BCUT2D eigenvalue weighted by molar-refractivity contribution is -0.384. The highest BCUT2D eigenvalue weighted by Crippen LogP contribution is 2.44. The fourth-order valence-corrected chi connectivity index (χ4v) is 11.2. The molecular weight excluding hydrogens is 909 g/mol. The minimum Gasteiger partial charge on any atom is -0.455 e. The number of hydrogen-bond acceptors (Lipinski definition) is 11. The minimum absolute atomic E-state index is 0.0699. The van der Waals surface area contributed by atoms with Crippen LogP contribution in [-0.2, 0) is 14.8 Å². The summed E-state index contributed by atoms with van der Waals surface area (Å²) in [5, 5.41) is 14.0. The zero-order valence-corrected chi connectivity index (χ0v) is 40.2. The number of aromatic amines is 1. The molecule has 2 aromatic heterocycles. The highest BCUT2D eigenvalue weighted by molar-refractivity contribution is 7.90. The van der Waals surface area contributed by atoms with Crippen LogP contribution in [0.2, 0.25) is 5.02 Å². The summed E-state index contributed by atoms with van der Waals surface area (Å²) in [6, 6.07) is 20.3. The number of hydrogen-bond donors (Lipinski definition) is 2. The van der Waals surface area contributed by atoms with Crippen LogP contribution < -0.4 is 14.4 Å². The smallest absolute Gasteiger partial charge is 0.293 e. The monoisotopic (exact) mass is 965 g/mol. The van der Waals surface area contributed by atoms with E-state index >= 15 is 4.39 Å². The average Bonchev–Trinajstić information content (AvgIpc) is 3.81. The number of rotatable bonds is 13. The summed E-state index contributed by atoms with van der Waals surface area (Å²) in [5.74, 6) is -2.48. The Hall–Kier alpha value is -5.65. The summed E-state index contributed by atoms with van der Waals surface area (Å²) in [7, 11) is -3.24. The summed E-state index contributed by atoms with van der Waals surface area (Å²) in [5.41, 5.74) is 6.01. The van der Waals surface area contributed by atoms with Crippen LogP contribution in [0.4, 0.5) is 15.8 Å². The highest BCUT2D eigenvalue weighted by atomic mass is 35.5. The van der Waals surface area contributed by atoms with Gasteiger partial charge in [-0.15, -0.1) is 0 Å². The van der Waals surface area contributed by atoms with Crippen LogP contribution in [0.5, 0.6) is 11.5 Å². The summed E-state index contributed by atoms with van der Waals surface area (Å²) in [6.07, 6.45) is 11.3. The number of carbonyl (C=O) groups excluding carboxylic acids is 1. The number of anilines is 1. The number of H-pyrrole nitrogens is 1. The van der Waals surface area contributed by atoms with Gasteiger partial charge in [-0.3, -0.25) is 24.7 Å². The first-order valence-corrected chi connectivity index (χ1v) is 25.1. The van der Waals surface area contributed by atoms with Crippen molar-refractivity contribution in [2.75, 3.05) is 57.9 Å². The molecule has 1 amide bonds. The molecule has 14 nitrogen and oxygen atoms in total.